The Bertz CT molecular complexity index is 289. The average Bonchev–Trinajstić information content (AvgIpc) is 2.17. The zero-order valence-corrected chi connectivity index (χ0v) is 8.70. The van der Waals surface area contributed by atoms with Gasteiger partial charge in [-0.3, -0.25) is 4.79 Å². The lowest BCUT2D eigenvalue weighted by Crippen LogP contribution is -2.25. The molecular formula is C10H14ClNO2. The van der Waals surface area contributed by atoms with E-state index in [0.29, 0.717) is 0 Å². The third-order valence-corrected chi connectivity index (χ3v) is 2.11. The average molecular weight is 216 g/mol. The van der Waals surface area contributed by atoms with Crippen LogP contribution in [-0.2, 0) is 4.79 Å². The van der Waals surface area contributed by atoms with E-state index in [9.17, 15) is 4.79 Å². The van der Waals surface area contributed by atoms with E-state index >= 15 is 0 Å². The van der Waals surface area contributed by atoms with Gasteiger partial charge in [-0.2, -0.15) is 0 Å². The Morgan fingerprint density at radius 3 is 2.29 bits per heavy atom. The maximum atomic E-state index is 10.6. The number of rotatable bonds is 3. The Labute approximate surface area is 89.3 Å². The predicted octanol–water partition coefficient (Wildman–Crippen LogP) is 1.83. The highest BCUT2D eigenvalue weighted by atomic mass is 35.5. The summed E-state index contributed by atoms with van der Waals surface area (Å²) in [4.78, 5) is 10.6. The third kappa shape index (κ3) is 3.01. The van der Waals surface area contributed by atoms with E-state index in [1.165, 1.54) is 0 Å². The molecule has 0 unspecified atom stereocenters. The van der Waals surface area contributed by atoms with Gasteiger partial charge in [-0.15, -0.1) is 12.4 Å². The number of carboxylic acid groups (broad SMARTS) is 1. The quantitative estimate of drug-likeness (QED) is 0.809. The Balaban J connectivity index is 0.00000169. The summed E-state index contributed by atoms with van der Waals surface area (Å²) in [5.41, 5.74) is 6.62. The van der Waals surface area contributed by atoms with Gasteiger partial charge in [0.15, 0.2) is 0 Å². The lowest BCUT2D eigenvalue weighted by Gasteiger charge is -2.15. The molecule has 14 heavy (non-hydrogen) atoms. The summed E-state index contributed by atoms with van der Waals surface area (Å²) in [6.45, 7) is 1.61. The van der Waals surface area contributed by atoms with Crippen LogP contribution >= 0.6 is 12.4 Å². The van der Waals surface area contributed by atoms with Crippen molar-refractivity contribution in [2.24, 2.45) is 11.7 Å². The first kappa shape index (κ1) is 12.9. The molecule has 0 amide bonds. The fraction of sp³-hybridized carbons (Fsp3) is 0.300. The van der Waals surface area contributed by atoms with Crippen LogP contribution in [0.15, 0.2) is 30.3 Å². The van der Waals surface area contributed by atoms with E-state index in [0.717, 1.165) is 5.56 Å². The van der Waals surface area contributed by atoms with Gasteiger partial charge in [-0.25, -0.2) is 0 Å². The molecule has 0 aliphatic carbocycles. The molecule has 3 N–H and O–H groups in total. The fourth-order valence-electron chi connectivity index (χ4n) is 1.12. The molecule has 4 heteroatoms. The van der Waals surface area contributed by atoms with Crippen molar-refractivity contribution in [2.45, 2.75) is 13.0 Å². The molecular weight excluding hydrogens is 202 g/mol. The van der Waals surface area contributed by atoms with Crippen LogP contribution in [-0.4, -0.2) is 11.1 Å². The van der Waals surface area contributed by atoms with Crippen LogP contribution in [0.5, 0.6) is 0 Å². The number of aliphatic carboxylic acids is 1. The Morgan fingerprint density at radius 2 is 1.86 bits per heavy atom. The highest BCUT2D eigenvalue weighted by Gasteiger charge is 2.20. The number of nitrogens with two attached hydrogens (primary N) is 1. The number of carboxylic acids is 1. The number of benzene rings is 1. The summed E-state index contributed by atoms with van der Waals surface area (Å²) in [5, 5.41) is 8.73. The van der Waals surface area contributed by atoms with Gasteiger partial charge in [0.25, 0.3) is 0 Å². The summed E-state index contributed by atoms with van der Waals surface area (Å²) in [5.74, 6) is -1.42. The van der Waals surface area contributed by atoms with Crippen LogP contribution in [0.2, 0.25) is 0 Å². The highest BCUT2D eigenvalue weighted by molar-refractivity contribution is 5.85. The van der Waals surface area contributed by atoms with Crippen LogP contribution in [0.4, 0.5) is 0 Å². The number of halogens is 1. The molecule has 0 bridgehead atoms. The van der Waals surface area contributed by atoms with E-state index < -0.39 is 17.9 Å². The van der Waals surface area contributed by atoms with Crippen molar-refractivity contribution < 1.29 is 9.90 Å². The molecule has 0 saturated heterocycles. The van der Waals surface area contributed by atoms with Crippen molar-refractivity contribution in [1.82, 2.24) is 0 Å². The fourth-order valence-corrected chi connectivity index (χ4v) is 1.12. The lowest BCUT2D eigenvalue weighted by atomic mass is 9.96. The molecule has 1 rings (SSSR count). The minimum Gasteiger partial charge on any atom is -0.481 e. The van der Waals surface area contributed by atoms with Crippen LogP contribution in [0.1, 0.15) is 18.5 Å². The molecule has 0 heterocycles. The smallest absolute Gasteiger partial charge is 0.308 e. The van der Waals surface area contributed by atoms with Crippen molar-refractivity contribution in [2.75, 3.05) is 0 Å². The van der Waals surface area contributed by atoms with Crippen LogP contribution < -0.4 is 5.73 Å². The summed E-state index contributed by atoms with van der Waals surface area (Å²) >= 11 is 0. The monoisotopic (exact) mass is 215 g/mol. The van der Waals surface area contributed by atoms with Gasteiger partial charge in [0.2, 0.25) is 0 Å². The van der Waals surface area contributed by atoms with Crippen LogP contribution in [0, 0.1) is 5.92 Å². The maximum Gasteiger partial charge on any atom is 0.308 e. The van der Waals surface area contributed by atoms with E-state index in [1.807, 2.05) is 30.3 Å². The first-order chi connectivity index (χ1) is 6.13. The normalized spacial score (nSPS) is 13.9. The van der Waals surface area contributed by atoms with Crippen LogP contribution in [0.25, 0.3) is 0 Å². The molecule has 0 aliphatic heterocycles. The van der Waals surface area contributed by atoms with Crippen molar-refractivity contribution in [3.05, 3.63) is 35.9 Å². The number of hydrogen-bond acceptors (Lipinski definition) is 2. The minimum absolute atomic E-state index is 0. The van der Waals surface area contributed by atoms with Gasteiger partial charge < -0.3 is 10.8 Å². The zero-order chi connectivity index (χ0) is 9.84. The second-order valence-electron chi connectivity index (χ2n) is 3.06. The second-order valence-corrected chi connectivity index (χ2v) is 3.06. The zero-order valence-electron chi connectivity index (χ0n) is 7.88. The van der Waals surface area contributed by atoms with Gasteiger partial charge in [-0.1, -0.05) is 37.3 Å². The van der Waals surface area contributed by atoms with E-state index in [1.54, 1.807) is 6.92 Å². The molecule has 3 nitrogen and oxygen atoms in total. The SMILES string of the molecule is C[C@H](C(=O)O)[C@@H](N)c1ccccc1.Cl. The summed E-state index contributed by atoms with van der Waals surface area (Å²) in [7, 11) is 0. The Hall–Kier alpha value is -1.06. The molecule has 1 aromatic carbocycles. The van der Waals surface area contributed by atoms with Gasteiger partial charge in [0, 0.05) is 6.04 Å². The van der Waals surface area contributed by atoms with Crippen molar-refractivity contribution >= 4 is 18.4 Å². The Morgan fingerprint density at radius 1 is 1.36 bits per heavy atom. The molecule has 0 aromatic heterocycles. The topological polar surface area (TPSA) is 63.3 Å². The van der Waals surface area contributed by atoms with Gasteiger partial charge >= 0.3 is 5.97 Å². The molecule has 0 spiro atoms. The second kappa shape index (κ2) is 5.62. The number of hydrogen-bond donors (Lipinski definition) is 2. The van der Waals surface area contributed by atoms with Crippen LogP contribution in [0.3, 0.4) is 0 Å². The van der Waals surface area contributed by atoms with Crippen molar-refractivity contribution in [3.8, 4) is 0 Å². The van der Waals surface area contributed by atoms with Crippen molar-refractivity contribution in [1.29, 1.82) is 0 Å². The first-order valence-corrected chi connectivity index (χ1v) is 4.16. The molecule has 0 aliphatic rings. The standard InChI is InChI=1S/C10H13NO2.ClH/c1-7(10(12)13)9(11)8-5-3-2-4-6-8;/h2-7,9H,11H2,1H3,(H,12,13);1H/t7-,9+;/m0./s1. The molecule has 2 atom stereocenters. The lowest BCUT2D eigenvalue weighted by molar-refractivity contribution is -0.141. The molecule has 1 aromatic rings. The Kier molecular flexibility index (Phi) is 5.20. The summed E-state index contributed by atoms with van der Waals surface area (Å²) in [6.07, 6.45) is 0. The van der Waals surface area contributed by atoms with Gasteiger partial charge in [-0.05, 0) is 5.56 Å². The molecule has 78 valence electrons. The number of carbonyl (C=O) groups is 1. The van der Waals surface area contributed by atoms with Gasteiger partial charge in [0.05, 0.1) is 5.92 Å². The molecule has 0 fully saturated rings. The van der Waals surface area contributed by atoms with E-state index in [4.69, 9.17) is 10.8 Å². The first-order valence-electron chi connectivity index (χ1n) is 4.16. The molecule has 0 saturated carbocycles. The highest BCUT2D eigenvalue weighted by Crippen LogP contribution is 2.18. The van der Waals surface area contributed by atoms with Gasteiger partial charge in [0.1, 0.15) is 0 Å². The molecule has 0 radical (unpaired) electrons. The third-order valence-electron chi connectivity index (χ3n) is 2.11. The minimum atomic E-state index is -0.864. The maximum absolute atomic E-state index is 10.6. The predicted molar refractivity (Wildman–Crippen MR) is 57.4 cm³/mol. The summed E-state index contributed by atoms with van der Waals surface area (Å²) in [6, 6.07) is 8.82. The summed E-state index contributed by atoms with van der Waals surface area (Å²) < 4.78 is 0. The van der Waals surface area contributed by atoms with E-state index in [2.05, 4.69) is 0 Å². The largest absolute Gasteiger partial charge is 0.481 e. The van der Waals surface area contributed by atoms with E-state index in [-0.39, 0.29) is 12.4 Å². The van der Waals surface area contributed by atoms with Crippen molar-refractivity contribution in [3.63, 3.8) is 0 Å².